The maximum Gasteiger partial charge on any atom is 0.412 e. The molecular formula is C34H33N3O6. The summed E-state index contributed by atoms with van der Waals surface area (Å²) in [5.41, 5.74) is 8.46. The van der Waals surface area contributed by atoms with E-state index >= 15 is 0 Å². The molecule has 4 rings (SSSR count). The number of carbonyl (C=O) groups excluding carboxylic acids is 3. The van der Waals surface area contributed by atoms with Crippen LogP contribution in [0.2, 0.25) is 0 Å². The van der Waals surface area contributed by atoms with Gasteiger partial charge in [0, 0.05) is 11.3 Å². The van der Waals surface area contributed by atoms with Crippen molar-refractivity contribution in [2.75, 3.05) is 16.4 Å². The number of carbonyl (C=O) groups is 3. The molecule has 0 radical (unpaired) electrons. The van der Waals surface area contributed by atoms with E-state index in [0.29, 0.717) is 46.8 Å². The van der Waals surface area contributed by atoms with Gasteiger partial charge in [-0.2, -0.15) is 0 Å². The van der Waals surface area contributed by atoms with Crippen molar-refractivity contribution in [2.24, 2.45) is 0 Å². The van der Waals surface area contributed by atoms with Crippen molar-refractivity contribution in [1.82, 2.24) is 0 Å². The summed E-state index contributed by atoms with van der Waals surface area (Å²) < 4.78 is 12.2. The van der Waals surface area contributed by atoms with E-state index in [1.807, 2.05) is 18.2 Å². The molecule has 0 saturated heterocycles. The molecule has 0 aliphatic heterocycles. The zero-order valence-corrected chi connectivity index (χ0v) is 23.6. The van der Waals surface area contributed by atoms with E-state index in [0.717, 1.165) is 0 Å². The third-order valence-corrected chi connectivity index (χ3v) is 6.47. The van der Waals surface area contributed by atoms with Crippen LogP contribution >= 0.6 is 0 Å². The normalized spacial score (nSPS) is 12.2. The summed E-state index contributed by atoms with van der Waals surface area (Å²) in [7, 11) is 0. The number of ether oxygens (including phenoxy) is 2. The van der Waals surface area contributed by atoms with Crippen LogP contribution in [-0.2, 0) is 9.53 Å². The van der Waals surface area contributed by atoms with Gasteiger partial charge >= 0.3 is 6.09 Å². The van der Waals surface area contributed by atoms with Crippen molar-refractivity contribution in [3.05, 3.63) is 126 Å². The second-order valence-corrected chi connectivity index (χ2v) is 9.70. The van der Waals surface area contributed by atoms with E-state index in [2.05, 4.69) is 10.6 Å². The van der Waals surface area contributed by atoms with Gasteiger partial charge < -0.3 is 25.6 Å². The van der Waals surface area contributed by atoms with Crippen LogP contribution in [0.5, 0.6) is 11.5 Å². The van der Waals surface area contributed by atoms with E-state index in [1.54, 1.807) is 78.9 Å². The number of hydrogen-bond acceptors (Lipinski definition) is 7. The maximum atomic E-state index is 13.1. The molecular weight excluding hydrogens is 546 g/mol. The Bertz CT molecular complexity index is 1550. The minimum absolute atomic E-state index is 0.0611. The van der Waals surface area contributed by atoms with Gasteiger partial charge in [0.05, 0.1) is 11.4 Å². The molecule has 4 aromatic rings. The third-order valence-electron chi connectivity index (χ3n) is 6.47. The van der Waals surface area contributed by atoms with Gasteiger partial charge in [-0.3, -0.25) is 14.9 Å². The Labute approximate surface area is 250 Å². The third kappa shape index (κ3) is 9.22. The molecule has 220 valence electrons. The van der Waals surface area contributed by atoms with Gasteiger partial charge in [-0.05, 0) is 92.1 Å². The van der Waals surface area contributed by atoms with Crippen LogP contribution in [0.1, 0.15) is 41.8 Å². The van der Waals surface area contributed by atoms with Crippen LogP contribution < -0.4 is 21.1 Å². The number of phenolic OH excluding ortho intramolecular Hbond substituents is 1. The van der Waals surface area contributed by atoms with E-state index < -0.39 is 18.3 Å². The average Bonchev–Trinajstić information content (AvgIpc) is 3.00. The number of anilines is 3. The van der Waals surface area contributed by atoms with Gasteiger partial charge in [0.15, 0.2) is 11.9 Å². The second kappa shape index (κ2) is 14.9. The number of rotatable bonds is 12. The predicted molar refractivity (Wildman–Crippen MR) is 166 cm³/mol. The molecule has 4 aromatic carbocycles. The van der Waals surface area contributed by atoms with Crippen LogP contribution in [0.3, 0.4) is 0 Å². The molecule has 0 unspecified atom stereocenters. The number of allylic oxidation sites excluding steroid dienone is 1. The number of aromatic hydroxyl groups is 1. The molecule has 2 amide bonds. The Morgan fingerprint density at radius 1 is 0.860 bits per heavy atom. The van der Waals surface area contributed by atoms with Crippen molar-refractivity contribution < 1.29 is 29.0 Å². The van der Waals surface area contributed by atoms with Crippen molar-refractivity contribution >= 4 is 34.8 Å². The number of benzene rings is 4. The summed E-state index contributed by atoms with van der Waals surface area (Å²) in [6.07, 6.45) is 1.63. The fourth-order valence-electron chi connectivity index (χ4n) is 4.26. The molecule has 0 bridgehead atoms. The first kappa shape index (κ1) is 30.4. The molecule has 9 nitrogen and oxygen atoms in total. The Kier molecular flexibility index (Phi) is 10.5. The minimum atomic E-state index is -0.886. The highest BCUT2D eigenvalue weighted by atomic mass is 16.6. The number of Topliss-reactive ketones (excluding diaryl/α,β-unsaturated/α-hetero) is 1. The highest BCUT2D eigenvalue weighted by molar-refractivity contribution is 6.01. The number of amides is 2. The van der Waals surface area contributed by atoms with Crippen molar-refractivity contribution in [3.63, 3.8) is 0 Å². The van der Waals surface area contributed by atoms with Gasteiger partial charge in [-0.1, -0.05) is 48.5 Å². The zero-order chi connectivity index (χ0) is 30.6. The molecule has 0 saturated carbocycles. The zero-order valence-electron chi connectivity index (χ0n) is 23.6. The number of nitrogens with one attached hydrogen (secondary N) is 2. The topological polar surface area (TPSA) is 140 Å². The Balaban J connectivity index is 1.52. The average molecular weight is 580 g/mol. The molecule has 5 N–H and O–H groups in total. The van der Waals surface area contributed by atoms with Crippen LogP contribution in [0.25, 0.3) is 0 Å². The lowest BCUT2D eigenvalue weighted by Gasteiger charge is -2.28. The minimum Gasteiger partial charge on any atom is -0.508 e. The summed E-state index contributed by atoms with van der Waals surface area (Å²) in [5, 5.41) is 15.3. The smallest absolute Gasteiger partial charge is 0.412 e. The van der Waals surface area contributed by atoms with E-state index in [4.69, 9.17) is 15.2 Å². The number of hydrogen-bond donors (Lipinski definition) is 4. The van der Waals surface area contributed by atoms with E-state index in [9.17, 15) is 19.5 Å². The summed E-state index contributed by atoms with van der Waals surface area (Å²) in [6.45, 7) is 1.46. The summed E-state index contributed by atoms with van der Waals surface area (Å²) in [6, 6.07) is 28.9. The predicted octanol–water partition coefficient (Wildman–Crippen LogP) is 6.89. The van der Waals surface area contributed by atoms with Crippen LogP contribution in [0.4, 0.5) is 21.9 Å². The number of nitrogens with two attached hydrogens (primary N) is 1. The Hall–Kier alpha value is -5.57. The SMILES string of the molecule is CC(=O)c1ccc(NC(=O)O[C@@H](c2ccc(O)cc2)[C@H](CC/C=C/C(=O)Nc2ccccc2N)Oc2ccccc2)cc1. The molecule has 0 heterocycles. The molecule has 0 aromatic heterocycles. The Morgan fingerprint density at radius 3 is 2.21 bits per heavy atom. The summed E-state index contributed by atoms with van der Waals surface area (Å²) in [4.78, 5) is 37.1. The molecule has 2 atom stereocenters. The highest BCUT2D eigenvalue weighted by Crippen LogP contribution is 2.30. The standard InChI is InChI=1S/C34H33N3O6/c1-23(38)24-15-19-26(20-16-24)36-34(41)43-33(25-17-21-27(39)22-18-25)31(42-28-9-3-2-4-10-28)13-7-8-14-32(40)37-30-12-6-5-11-29(30)35/h2-6,8-12,14-22,31,33,39H,7,13,35H2,1H3,(H,36,41)(H,37,40)/b14-8+/t31-,33-/m0/s1. The van der Waals surface area contributed by atoms with E-state index in [1.165, 1.54) is 25.1 Å². The quantitative estimate of drug-likeness (QED) is 0.0814. The lowest BCUT2D eigenvalue weighted by Crippen LogP contribution is -2.31. The van der Waals surface area contributed by atoms with Crippen LogP contribution in [-0.4, -0.2) is 29.0 Å². The monoisotopic (exact) mass is 579 g/mol. The van der Waals surface area contributed by atoms with Gasteiger partial charge in [-0.15, -0.1) is 0 Å². The Morgan fingerprint density at radius 2 is 1.53 bits per heavy atom. The van der Waals surface area contributed by atoms with Crippen LogP contribution in [0, 0.1) is 0 Å². The van der Waals surface area contributed by atoms with Crippen molar-refractivity contribution in [1.29, 1.82) is 0 Å². The number of ketones is 1. The van der Waals surface area contributed by atoms with Crippen molar-refractivity contribution in [2.45, 2.75) is 32.0 Å². The summed E-state index contributed by atoms with van der Waals surface area (Å²) >= 11 is 0. The lowest BCUT2D eigenvalue weighted by molar-refractivity contribution is -0.111. The van der Waals surface area contributed by atoms with Gasteiger partial charge in [0.25, 0.3) is 0 Å². The molecule has 0 aliphatic carbocycles. The van der Waals surface area contributed by atoms with Crippen LogP contribution in [0.15, 0.2) is 115 Å². The first-order valence-electron chi connectivity index (χ1n) is 13.7. The molecule has 0 aliphatic rings. The van der Waals surface area contributed by atoms with E-state index in [-0.39, 0.29) is 17.4 Å². The largest absolute Gasteiger partial charge is 0.508 e. The number of nitrogen functional groups attached to an aromatic ring is 1. The number of para-hydroxylation sites is 3. The maximum absolute atomic E-state index is 13.1. The van der Waals surface area contributed by atoms with Crippen molar-refractivity contribution in [3.8, 4) is 11.5 Å². The molecule has 0 spiro atoms. The first-order chi connectivity index (χ1) is 20.8. The first-order valence-corrected chi connectivity index (χ1v) is 13.7. The number of phenols is 1. The molecule has 43 heavy (non-hydrogen) atoms. The summed E-state index contributed by atoms with van der Waals surface area (Å²) in [5.74, 6) is 0.213. The second-order valence-electron chi connectivity index (χ2n) is 9.70. The van der Waals surface area contributed by atoms with Gasteiger partial charge in [0.1, 0.15) is 17.6 Å². The highest BCUT2D eigenvalue weighted by Gasteiger charge is 2.29. The molecule has 0 fully saturated rings. The molecule has 9 heteroatoms. The van der Waals surface area contributed by atoms with Gasteiger partial charge in [-0.25, -0.2) is 4.79 Å². The lowest BCUT2D eigenvalue weighted by atomic mass is 10.00. The fourth-order valence-corrected chi connectivity index (χ4v) is 4.26. The fraction of sp³-hybridized carbons (Fsp3) is 0.147. The van der Waals surface area contributed by atoms with Gasteiger partial charge in [0.2, 0.25) is 5.91 Å².